The van der Waals surface area contributed by atoms with Gasteiger partial charge in [-0.05, 0) is 37.7 Å². The summed E-state index contributed by atoms with van der Waals surface area (Å²) < 4.78 is 15.9. The molecule has 3 heterocycles. The number of nitrogens with zero attached hydrogens (tertiary/aromatic N) is 4. The molecule has 172 valence electrons. The molecule has 1 saturated heterocycles. The van der Waals surface area contributed by atoms with Gasteiger partial charge in [0.15, 0.2) is 5.56 Å². The van der Waals surface area contributed by atoms with E-state index < -0.39 is 23.5 Å². The van der Waals surface area contributed by atoms with E-state index in [0.29, 0.717) is 43.7 Å². The lowest BCUT2D eigenvalue weighted by atomic mass is 10.1. The van der Waals surface area contributed by atoms with Crippen molar-refractivity contribution in [1.82, 2.24) is 24.4 Å². The number of aromatic nitrogens is 3. The highest BCUT2D eigenvalue weighted by Crippen LogP contribution is 2.24. The highest BCUT2D eigenvalue weighted by Gasteiger charge is 2.30. The van der Waals surface area contributed by atoms with Gasteiger partial charge in [0.1, 0.15) is 11.8 Å². The third kappa shape index (κ3) is 4.39. The van der Waals surface area contributed by atoms with Crippen molar-refractivity contribution in [3.63, 3.8) is 0 Å². The Morgan fingerprint density at radius 2 is 1.97 bits per heavy atom. The molecule has 2 aliphatic rings. The lowest BCUT2D eigenvalue weighted by Gasteiger charge is -2.27. The molecular weight excluding hydrogens is 417 g/mol. The third-order valence-corrected chi connectivity index (χ3v) is 5.74. The first-order chi connectivity index (χ1) is 15.3. The molecule has 0 bridgehead atoms. The maximum absolute atomic E-state index is 13.3. The number of likely N-dealkylation sites (tertiary alicyclic amines) is 1. The fourth-order valence-corrected chi connectivity index (χ4v) is 3.88. The van der Waals surface area contributed by atoms with E-state index in [1.807, 2.05) is 13.8 Å². The van der Waals surface area contributed by atoms with Gasteiger partial charge in [0, 0.05) is 37.3 Å². The minimum atomic E-state index is -0.873. The van der Waals surface area contributed by atoms with Crippen LogP contribution >= 0.6 is 0 Å². The monoisotopic (exact) mass is 445 g/mol. The molecule has 0 atom stereocenters. The van der Waals surface area contributed by atoms with Crippen LogP contribution in [0.2, 0.25) is 0 Å². The van der Waals surface area contributed by atoms with E-state index in [9.17, 15) is 23.9 Å². The van der Waals surface area contributed by atoms with E-state index in [-0.39, 0.29) is 23.4 Å². The van der Waals surface area contributed by atoms with Crippen LogP contribution in [0.5, 0.6) is 5.88 Å². The molecule has 1 aliphatic carbocycles. The molecule has 2 aromatic heterocycles. The van der Waals surface area contributed by atoms with Gasteiger partial charge in [0.25, 0.3) is 11.5 Å². The van der Waals surface area contributed by atoms with Gasteiger partial charge >= 0.3 is 0 Å². The van der Waals surface area contributed by atoms with Crippen molar-refractivity contribution in [3.8, 4) is 5.88 Å². The van der Waals surface area contributed by atoms with E-state index in [2.05, 4.69) is 10.4 Å². The molecule has 2 amide bonds. The second kappa shape index (κ2) is 8.76. The Balaban J connectivity index is 1.72. The van der Waals surface area contributed by atoms with Gasteiger partial charge in [-0.3, -0.25) is 19.0 Å². The van der Waals surface area contributed by atoms with Gasteiger partial charge in [0.05, 0.1) is 6.20 Å². The van der Waals surface area contributed by atoms with Gasteiger partial charge in [0.2, 0.25) is 11.8 Å². The van der Waals surface area contributed by atoms with Gasteiger partial charge in [-0.2, -0.15) is 9.61 Å². The summed E-state index contributed by atoms with van der Waals surface area (Å²) in [5.41, 5.74) is -0.294. The maximum atomic E-state index is 13.3. The number of hydrogen-bond donors (Lipinski definition) is 2. The van der Waals surface area contributed by atoms with E-state index in [0.717, 1.165) is 17.4 Å². The Kier molecular flexibility index (Phi) is 6.03. The lowest BCUT2D eigenvalue weighted by molar-refractivity contribution is -0.127. The van der Waals surface area contributed by atoms with Crippen LogP contribution in [0.3, 0.4) is 0 Å². The molecule has 32 heavy (non-hydrogen) atoms. The number of aromatic hydroxyl groups is 1. The SMILES string of the molecule is CC(C)Cn1c(O)c(C(=O)NC2CC2)c(=O)n2ncc(/C=C/C(=O)N3CCC(F)CC3)c12. The molecule has 4 rings (SSSR count). The summed E-state index contributed by atoms with van der Waals surface area (Å²) in [4.78, 5) is 39.7. The smallest absolute Gasteiger partial charge is 0.291 e. The Morgan fingerprint density at radius 1 is 1.28 bits per heavy atom. The van der Waals surface area contributed by atoms with Crippen molar-refractivity contribution < 1.29 is 19.1 Å². The van der Waals surface area contributed by atoms with E-state index >= 15 is 0 Å². The molecule has 2 aromatic rings. The molecule has 0 aromatic carbocycles. The maximum Gasteiger partial charge on any atom is 0.291 e. The van der Waals surface area contributed by atoms with Crippen molar-refractivity contribution in [2.75, 3.05) is 13.1 Å². The van der Waals surface area contributed by atoms with E-state index in [1.165, 1.54) is 22.9 Å². The molecular formula is C22H28FN5O4. The summed E-state index contributed by atoms with van der Waals surface area (Å²) in [6, 6.07) is 0.0279. The number of hydrogen-bond acceptors (Lipinski definition) is 5. The number of nitrogens with one attached hydrogen (secondary N) is 1. The average molecular weight is 445 g/mol. The van der Waals surface area contributed by atoms with Crippen molar-refractivity contribution in [2.24, 2.45) is 5.92 Å². The van der Waals surface area contributed by atoms with Crippen LogP contribution in [-0.4, -0.2) is 61.3 Å². The first-order valence-corrected chi connectivity index (χ1v) is 11.0. The first kappa shape index (κ1) is 22.0. The van der Waals surface area contributed by atoms with Gasteiger partial charge in [-0.25, -0.2) is 4.39 Å². The van der Waals surface area contributed by atoms with E-state index in [1.54, 1.807) is 4.90 Å². The number of rotatable bonds is 6. The molecule has 10 heteroatoms. The molecule has 2 N–H and O–H groups in total. The quantitative estimate of drug-likeness (QED) is 0.658. The fourth-order valence-electron chi connectivity index (χ4n) is 3.88. The number of carbonyl (C=O) groups is 2. The number of carbonyl (C=O) groups excluding carboxylic acids is 2. The number of amides is 2. The Hall–Kier alpha value is -3.17. The van der Waals surface area contributed by atoms with Crippen LogP contribution in [0.25, 0.3) is 11.7 Å². The molecule has 1 aliphatic heterocycles. The minimum absolute atomic E-state index is 0.0279. The summed E-state index contributed by atoms with van der Waals surface area (Å²) in [5.74, 6) is -1.19. The summed E-state index contributed by atoms with van der Waals surface area (Å²) >= 11 is 0. The topological polar surface area (TPSA) is 109 Å². The van der Waals surface area contributed by atoms with Crippen LogP contribution in [-0.2, 0) is 11.3 Å². The predicted molar refractivity (Wildman–Crippen MR) is 116 cm³/mol. The van der Waals surface area contributed by atoms with Crippen LogP contribution < -0.4 is 10.9 Å². The molecule has 0 spiro atoms. The zero-order valence-corrected chi connectivity index (χ0v) is 18.3. The van der Waals surface area contributed by atoms with Crippen molar-refractivity contribution in [3.05, 3.63) is 33.8 Å². The summed E-state index contributed by atoms with van der Waals surface area (Å²) in [6.07, 6.45) is 5.80. The largest absolute Gasteiger partial charge is 0.494 e. The van der Waals surface area contributed by atoms with Crippen molar-refractivity contribution in [1.29, 1.82) is 0 Å². The number of halogens is 1. The lowest BCUT2D eigenvalue weighted by Crippen LogP contribution is -2.38. The number of alkyl halides is 1. The highest BCUT2D eigenvalue weighted by molar-refractivity contribution is 5.97. The number of piperidine rings is 1. The van der Waals surface area contributed by atoms with Crippen LogP contribution in [0.1, 0.15) is 55.5 Å². The zero-order chi connectivity index (χ0) is 23.0. The Morgan fingerprint density at radius 3 is 2.59 bits per heavy atom. The Bertz CT molecular complexity index is 1120. The van der Waals surface area contributed by atoms with Crippen molar-refractivity contribution in [2.45, 2.75) is 58.3 Å². The fraction of sp³-hybridized carbons (Fsp3) is 0.545. The second-order valence-corrected chi connectivity index (χ2v) is 8.92. The molecule has 2 fully saturated rings. The van der Waals surface area contributed by atoms with Crippen molar-refractivity contribution >= 4 is 23.5 Å². The molecule has 0 unspecified atom stereocenters. The predicted octanol–water partition coefficient (Wildman–Crippen LogP) is 1.72. The minimum Gasteiger partial charge on any atom is -0.494 e. The Labute approximate surface area is 184 Å². The summed E-state index contributed by atoms with van der Waals surface area (Å²) in [5, 5.41) is 17.8. The van der Waals surface area contributed by atoms with Gasteiger partial charge in [-0.1, -0.05) is 13.8 Å². The highest BCUT2D eigenvalue weighted by atomic mass is 19.1. The third-order valence-electron chi connectivity index (χ3n) is 5.74. The average Bonchev–Trinajstić information content (AvgIpc) is 3.45. The number of fused-ring (bicyclic) bond motifs is 1. The summed E-state index contributed by atoms with van der Waals surface area (Å²) in [6.45, 7) is 4.95. The standard InChI is InChI=1S/C22H28FN5O4/c1-13(2)12-27-20-14(3-6-17(29)26-9-7-15(23)8-10-26)11-24-28(20)22(32)18(21(27)31)19(30)25-16-4-5-16/h3,6,11,13,15-16,31H,4-5,7-10,12H2,1-2H3,(H,25,30)/b6-3+. The van der Waals surface area contributed by atoms with Crippen LogP contribution in [0, 0.1) is 5.92 Å². The van der Waals surface area contributed by atoms with E-state index in [4.69, 9.17) is 0 Å². The van der Waals surface area contributed by atoms with Crippen LogP contribution in [0.15, 0.2) is 17.1 Å². The van der Waals surface area contributed by atoms with Crippen LogP contribution in [0.4, 0.5) is 4.39 Å². The summed E-state index contributed by atoms with van der Waals surface area (Å²) in [7, 11) is 0. The van der Waals surface area contributed by atoms with Gasteiger partial charge < -0.3 is 15.3 Å². The molecule has 9 nitrogen and oxygen atoms in total. The first-order valence-electron chi connectivity index (χ1n) is 11.0. The molecule has 0 radical (unpaired) electrons. The van der Waals surface area contributed by atoms with Gasteiger partial charge in [-0.15, -0.1) is 0 Å². The zero-order valence-electron chi connectivity index (χ0n) is 18.3. The second-order valence-electron chi connectivity index (χ2n) is 8.92. The normalized spacial score (nSPS) is 17.6. The molecule has 1 saturated carbocycles.